The maximum absolute atomic E-state index is 15.3. The Morgan fingerprint density at radius 1 is 1.14 bits per heavy atom. The zero-order valence-corrected chi connectivity index (χ0v) is 23.2. The van der Waals surface area contributed by atoms with Crippen LogP contribution in [0, 0.1) is 5.82 Å². The van der Waals surface area contributed by atoms with Crippen LogP contribution in [0.25, 0.3) is 10.9 Å². The van der Waals surface area contributed by atoms with E-state index in [4.69, 9.17) is 4.74 Å². The molecule has 2 saturated heterocycles. The molecule has 5 heterocycles. The van der Waals surface area contributed by atoms with Crippen molar-refractivity contribution in [3.05, 3.63) is 52.1 Å². The first-order chi connectivity index (χ1) is 20.2. The minimum absolute atomic E-state index is 0.0730. The van der Waals surface area contributed by atoms with Gasteiger partial charge in [-0.2, -0.15) is 0 Å². The largest absolute Gasteiger partial charge is 0.477 e. The highest BCUT2D eigenvalue weighted by molar-refractivity contribution is 8.00. The first-order valence-corrected chi connectivity index (χ1v) is 14.7. The number of carbonyl (C=O) groups excluding carboxylic acids is 2. The number of carbonyl (C=O) groups is 3. The fraction of sp³-hybridized carbons (Fsp3) is 0.393. The zero-order chi connectivity index (χ0) is 29.1. The van der Waals surface area contributed by atoms with Crippen LogP contribution < -0.4 is 20.5 Å². The third kappa shape index (κ3) is 4.83. The van der Waals surface area contributed by atoms with Gasteiger partial charge in [0.2, 0.25) is 11.3 Å². The predicted octanol–water partition coefficient (Wildman–Crippen LogP) is 2.76. The molecule has 218 valence electrons. The highest BCUT2D eigenvalue weighted by Gasteiger charge is 2.36. The predicted molar refractivity (Wildman–Crippen MR) is 153 cm³/mol. The van der Waals surface area contributed by atoms with Gasteiger partial charge in [-0.05, 0) is 37.1 Å². The molecular weight excluding hydrogens is 567 g/mol. The molecule has 0 bridgehead atoms. The summed E-state index contributed by atoms with van der Waals surface area (Å²) in [5.74, 6) is -0.826. The summed E-state index contributed by atoms with van der Waals surface area (Å²) in [6, 6.07) is 6.51. The van der Waals surface area contributed by atoms with Crippen molar-refractivity contribution in [2.75, 3.05) is 60.1 Å². The quantitative estimate of drug-likeness (QED) is 0.438. The van der Waals surface area contributed by atoms with E-state index in [1.807, 2.05) is 11.0 Å². The second kappa shape index (κ2) is 10.3. The third-order valence-corrected chi connectivity index (χ3v) is 9.10. The number of rotatable bonds is 6. The van der Waals surface area contributed by atoms with E-state index in [1.165, 1.54) is 22.9 Å². The van der Waals surface area contributed by atoms with Crippen molar-refractivity contribution in [2.45, 2.75) is 29.9 Å². The van der Waals surface area contributed by atoms with Crippen LogP contribution in [0.5, 0.6) is 0 Å². The lowest BCUT2D eigenvalue weighted by Gasteiger charge is -2.37. The Morgan fingerprint density at radius 2 is 1.93 bits per heavy atom. The van der Waals surface area contributed by atoms with Crippen molar-refractivity contribution in [2.24, 2.45) is 0 Å². The number of carboxylic acid groups (broad SMARTS) is 1. The maximum Gasteiger partial charge on any atom is 0.416 e. The lowest BCUT2D eigenvalue weighted by molar-refractivity contribution is -0.113. The Hall–Kier alpha value is -4.17. The second-order valence-electron chi connectivity index (χ2n) is 10.9. The van der Waals surface area contributed by atoms with Crippen molar-refractivity contribution in [3.8, 4) is 0 Å². The topological polar surface area (TPSA) is 137 Å². The molecule has 1 aromatic carbocycles. The molecule has 4 aliphatic rings. The van der Waals surface area contributed by atoms with Gasteiger partial charge in [0.1, 0.15) is 29.1 Å². The first kappa shape index (κ1) is 26.7. The van der Waals surface area contributed by atoms with Crippen LogP contribution in [-0.2, 0) is 9.53 Å². The Morgan fingerprint density at radius 3 is 2.67 bits per heavy atom. The Kier molecular flexibility index (Phi) is 6.54. The molecular formula is C28H27FN6O6S. The normalized spacial score (nSPS) is 20.9. The number of benzene rings is 1. The van der Waals surface area contributed by atoms with Crippen LogP contribution in [0.4, 0.5) is 26.5 Å². The van der Waals surface area contributed by atoms with Crippen LogP contribution >= 0.6 is 11.8 Å². The van der Waals surface area contributed by atoms with Gasteiger partial charge in [0.05, 0.1) is 28.4 Å². The molecule has 42 heavy (non-hydrogen) atoms. The summed E-state index contributed by atoms with van der Waals surface area (Å²) < 4.78 is 22.7. The molecule has 0 radical (unpaired) electrons. The van der Waals surface area contributed by atoms with Gasteiger partial charge in [0.25, 0.3) is 0 Å². The minimum atomic E-state index is -1.32. The van der Waals surface area contributed by atoms with E-state index >= 15 is 4.39 Å². The summed E-state index contributed by atoms with van der Waals surface area (Å²) in [6.45, 7) is 3.10. The smallest absolute Gasteiger partial charge is 0.416 e. The van der Waals surface area contributed by atoms with Gasteiger partial charge in [0, 0.05) is 50.3 Å². The van der Waals surface area contributed by atoms with Gasteiger partial charge >= 0.3 is 12.1 Å². The van der Waals surface area contributed by atoms with E-state index in [0.29, 0.717) is 67.9 Å². The van der Waals surface area contributed by atoms with Crippen molar-refractivity contribution in [1.29, 1.82) is 0 Å². The summed E-state index contributed by atoms with van der Waals surface area (Å²) in [5, 5.41) is 12.3. The molecule has 3 aromatic rings. The number of piperazine rings is 1. The fourth-order valence-corrected chi connectivity index (χ4v) is 6.53. The first-order valence-electron chi connectivity index (χ1n) is 13.8. The van der Waals surface area contributed by atoms with Crippen molar-refractivity contribution < 1.29 is 28.6 Å². The standard InChI is InChI=1S/C28H27FN6O6S/c29-19-9-17-20(34(15-1-2-15)13-18(25(17)37)27(38)39)10-21(19)33-7-5-32(6-8-33)11-16-12-35(28(40)41-16)23-4-3-22-26(30-23)31-24(36)14-42-22/h3-4,9-10,13,15-16H,1-2,5-8,11-12,14H2,(H,38,39)(H,30,31,36). The van der Waals surface area contributed by atoms with E-state index in [-0.39, 0.29) is 29.0 Å². The van der Waals surface area contributed by atoms with Gasteiger partial charge in [-0.3, -0.25) is 19.4 Å². The molecule has 2 amide bonds. The molecule has 14 heteroatoms. The van der Waals surface area contributed by atoms with E-state index < -0.39 is 23.3 Å². The van der Waals surface area contributed by atoms with Crippen LogP contribution in [0.1, 0.15) is 29.2 Å². The molecule has 3 aliphatic heterocycles. The van der Waals surface area contributed by atoms with Crippen LogP contribution in [-0.4, -0.2) is 88.7 Å². The number of nitrogens with one attached hydrogen (secondary N) is 1. The summed E-state index contributed by atoms with van der Waals surface area (Å²) in [4.78, 5) is 59.6. The fourth-order valence-electron chi connectivity index (χ4n) is 5.78. The molecule has 1 unspecified atom stereocenters. The zero-order valence-electron chi connectivity index (χ0n) is 22.4. The van der Waals surface area contributed by atoms with Crippen molar-refractivity contribution >= 4 is 58.0 Å². The maximum atomic E-state index is 15.3. The highest BCUT2D eigenvalue weighted by Crippen LogP contribution is 2.38. The monoisotopic (exact) mass is 594 g/mol. The number of anilines is 3. The Balaban J connectivity index is 1.03. The van der Waals surface area contributed by atoms with Gasteiger partial charge < -0.3 is 24.6 Å². The third-order valence-electron chi connectivity index (χ3n) is 8.06. The summed E-state index contributed by atoms with van der Waals surface area (Å²) in [5.41, 5.74) is -0.118. The molecule has 3 fully saturated rings. The summed E-state index contributed by atoms with van der Waals surface area (Å²) in [7, 11) is 0. The molecule has 12 nitrogen and oxygen atoms in total. The molecule has 1 saturated carbocycles. The van der Waals surface area contributed by atoms with E-state index in [0.717, 1.165) is 23.8 Å². The minimum Gasteiger partial charge on any atom is -0.477 e. The van der Waals surface area contributed by atoms with E-state index in [9.17, 15) is 24.3 Å². The average molecular weight is 595 g/mol. The van der Waals surface area contributed by atoms with Crippen LogP contribution in [0.3, 0.4) is 0 Å². The number of nitrogens with zero attached hydrogens (tertiary/aromatic N) is 5. The number of hydrogen-bond acceptors (Lipinski definition) is 9. The number of pyridine rings is 2. The lowest BCUT2D eigenvalue weighted by Crippen LogP contribution is -2.49. The Bertz CT molecular complexity index is 1700. The number of halogens is 1. The second-order valence-corrected chi connectivity index (χ2v) is 11.9. The molecule has 2 N–H and O–H groups in total. The van der Waals surface area contributed by atoms with E-state index in [1.54, 1.807) is 16.7 Å². The number of amides is 2. The summed E-state index contributed by atoms with van der Waals surface area (Å²) >= 11 is 1.40. The number of ether oxygens (including phenoxy) is 1. The van der Waals surface area contributed by atoms with Crippen molar-refractivity contribution in [1.82, 2.24) is 14.5 Å². The molecule has 0 spiro atoms. The van der Waals surface area contributed by atoms with Gasteiger partial charge in [0.15, 0.2) is 0 Å². The number of hydrogen-bond donors (Lipinski definition) is 2. The summed E-state index contributed by atoms with van der Waals surface area (Å²) in [6.07, 6.45) is 2.27. The molecule has 7 rings (SSSR count). The van der Waals surface area contributed by atoms with Crippen LogP contribution in [0.2, 0.25) is 0 Å². The van der Waals surface area contributed by atoms with Gasteiger partial charge in [-0.15, -0.1) is 11.8 Å². The highest BCUT2D eigenvalue weighted by atomic mass is 32.2. The SMILES string of the molecule is O=C1CSc2ccc(N3CC(CN4CCN(c5cc6c(cc5F)c(=O)c(C(=O)O)cn6C5CC5)CC4)OC3=O)nc2N1. The number of aromatic nitrogens is 2. The Labute approximate surface area is 243 Å². The van der Waals surface area contributed by atoms with Gasteiger partial charge in [-0.25, -0.2) is 19.0 Å². The number of thioether (sulfide) groups is 1. The molecule has 2 aromatic heterocycles. The van der Waals surface area contributed by atoms with E-state index in [2.05, 4.69) is 15.2 Å². The lowest BCUT2D eigenvalue weighted by atomic mass is 10.1. The number of aromatic carboxylic acids is 1. The number of cyclic esters (lactones) is 1. The van der Waals surface area contributed by atoms with Crippen LogP contribution in [0.15, 0.2) is 40.2 Å². The number of fused-ring (bicyclic) bond motifs is 2. The van der Waals surface area contributed by atoms with Crippen molar-refractivity contribution in [3.63, 3.8) is 0 Å². The molecule has 1 aliphatic carbocycles. The number of carboxylic acids is 1. The van der Waals surface area contributed by atoms with Gasteiger partial charge in [-0.1, -0.05) is 0 Å². The molecule has 1 atom stereocenters. The average Bonchev–Trinajstić information content (AvgIpc) is 3.75.